The minimum absolute atomic E-state index is 0.194. The highest BCUT2D eigenvalue weighted by atomic mass is 32.1. The average Bonchev–Trinajstić information content (AvgIpc) is 3.27. The fraction of sp³-hybridized carbons (Fsp3) is 0.200. The summed E-state index contributed by atoms with van der Waals surface area (Å²) in [6, 6.07) is 16.8. The van der Waals surface area contributed by atoms with Gasteiger partial charge < -0.3 is 5.32 Å². The van der Waals surface area contributed by atoms with E-state index < -0.39 is 0 Å². The molecule has 0 unspecified atom stereocenters. The van der Waals surface area contributed by atoms with Crippen LogP contribution in [0.5, 0.6) is 0 Å². The van der Waals surface area contributed by atoms with E-state index in [1.54, 1.807) is 24.3 Å². The molecule has 0 fully saturated rings. The van der Waals surface area contributed by atoms with E-state index in [1.165, 1.54) is 16.4 Å². The number of nitrogens with zero attached hydrogens (tertiary/aromatic N) is 3. The van der Waals surface area contributed by atoms with Gasteiger partial charge in [-0.25, -0.2) is 0 Å². The van der Waals surface area contributed by atoms with Gasteiger partial charge in [-0.2, -0.15) is 9.36 Å². The van der Waals surface area contributed by atoms with Gasteiger partial charge in [0.15, 0.2) is 5.82 Å². The first-order chi connectivity index (χ1) is 13.2. The standard InChI is InChI=1S/C20H18N4O2S/c25-18-15-10-4-5-11-16(15)19(26)24(18)13-7-6-12-21-20-22-17(23-27-20)14-8-2-1-3-9-14/h1-5,8-11H,6-7,12-13H2,(H,21,22,23). The quantitative estimate of drug-likeness (QED) is 0.501. The van der Waals surface area contributed by atoms with Crippen LogP contribution in [0.1, 0.15) is 33.6 Å². The number of carbonyl (C=O) groups is 2. The van der Waals surface area contributed by atoms with Crippen LogP contribution in [0.2, 0.25) is 0 Å². The molecule has 2 heterocycles. The van der Waals surface area contributed by atoms with E-state index in [9.17, 15) is 9.59 Å². The molecule has 4 rings (SSSR count). The number of anilines is 1. The third kappa shape index (κ3) is 3.59. The summed E-state index contributed by atoms with van der Waals surface area (Å²) in [6.45, 7) is 1.14. The lowest BCUT2D eigenvalue weighted by molar-refractivity contribution is 0.0652. The molecule has 0 spiro atoms. The van der Waals surface area contributed by atoms with Crippen molar-refractivity contribution in [2.45, 2.75) is 12.8 Å². The van der Waals surface area contributed by atoms with E-state index in [0.717, 1.165) is 23.5 Å². The van der Waals surface area contributed by atoms with Gasteiger partial charge in [-0.3, -0.25) is 14.5 Å². The number of fused-ring (bicyclic) bond motifs is 1. The van der Waals surface area contributed by atoms with Crippen molar-refractivity contribution >= 4 is 28.5 Å². The Bertz CT molecular complexity index is 936. The number of amides is 2. The van der Waals surface area contributed by atoms with Crippen LogP contribution in [0.25, 0.3) is 11.4 Å². The smallest absolute Gasteiger partial charge is 0.261 e. The van der Waals surface area contributed by atoms with Crippen LogP contribution in [0.15, 0.2) is 54.6 Å². The van der Waals surface area contributed by atoms with Crippen molar-refractivity contribution in [3.05, 3.63) is 65.7 Å². The predicted octanol–water partition coefficient (Wildman–Crippen LogP) is 3.69. The molecule has 136 valence electrons. The Morgan fingerprint density at radius 3 is 2.26 bits per heavy atom. The summed E-state index contributed by atoms with van der Waals surface area (Å²) in [6.07, 6.45) is 1.57. The fourth-order valence-corrected chi connectivity index (χ4v) is 3.65. The van der Waals surface area contributed by atoms with E-state index >= 15 is 0 Å². The summed E-state index contributed by atoms with van der Waals surface area (Å²) in [5, 5.41) is 4.03. The minimum Gasteiger partial charge on any atom is -0.360 e. The van der Waals surface area contributed by atoms with Crippen molar-refractivity contribution in [1.29, 1.82) is 0 Å². The molecule has 0 atom stereocenters. The molecule has 1 aliphatic heterocycles. The lowest BCUT2D eigenvalue weighted by Gasteiger charge is -2.13. The molecule has 2 amide bonds. The summed E-state index contributed by atoms with van der Waals surface area (Å²) in [4.78, 5) is 30.4. The normalized spacial score (nSPS) is 13.1. The molecule has 7 heteroatoms. The van der Waals surface area contributed by atoms with Gasteiger partial charge in [-0.1, -0.05) is 42.5 Å². The summed E-state index contributed by atoms with van der Waals surface area (Å²) >= 11 is 1.33. The van der Waals surface area contributed by atoms with Crippen molar-refractivity contribution in [3.8, 4) is 11.4 Å². The van der Waals surface area contributed by atoms with Crippen LogP contribution in [0.3, 0.4) is 0 Å². The van der Waals surface area contributed by atoms with Crippen molar-refractivity contribution in [1.82, 2.24) is 14.3 Å². The van der Waals surface area contributed by atoms with Gasteiger partial charge in [0, 0.05) is 30.2 Å². The van der Waals surface area contributed by atoms with E-state index in [0.29, 0.717) is 30.0 Å². The minimum atomic E-state index is -0.194. The van der Waals surface area contributed by atoms with Gasteiger partial charge in [-0.05, 0) is 25.0 Å². The number of rotatable bonds is 7. The molecule has 0 bridgehead atoms. The highest BCUT2D eigenvalue weighted by Crippen LogP contribution is 2.23. The molecule has 1 N–H and O–H groups in total. The first-order valence-corrected chi connectivity index (χ1v) is 9.59. The first-order valence-electron chi connectivity index (χ1n) is 8.82. The van der Waals surface area contributed by atoms with Gasteiger partial charge in [0.05, 0.1) is 11.1 Å². The lowest BCUT2D eigenvalue weighted by atomic mass is 10.1. The number of imide groups is 1. The van der Waals surface area contributed by atoms with E-state index in [2.05, 4.69) is 14.7 Å². The van der Waals surface area contributed by atoms with E-state index in [1.807, 2.05) is 30.3 Å². The van der Waals surface area contributed by atoms with E-state index in [4.69, 9.17) is 0 Å². The maximum atomic E-state index is 12.3. The second-order valence-electron chi connectivity index (χ2n) is 6.23. The van der Waals surface area contributed by atoms with Crippen LogP contribution in [-0.4, -0.2) is 39.2 Å². The van der Waals surface area contributed by atoms with Crippen LogP contribution >= 0.6 is 11.5 Å². The second-order valence-corrected chi connectivity index (χ2v) is 6.98. The number of hydrogen-bond donors (Lipinski definition) is 1. The third-order valence-electron chi connectivity index (χ3n) is 4.42. The molecule has 6 nitrogen and oxygen atoms in total. The molecular weight excluding hydrogens is 360 g/mol. The lowest BCUT2D eigenvalue weighted by Crippen LogP contribution is -2.30. The Morgan fingerprint density at radius 2 is 1.56 bits per heavy atom. The molecule has 0 aliphatic carbocycles. The Labute approximate surface area is 161 Å². The van der Waals surface area contributed by atoms with Crippen LogP contribution < -0.4 is 5.32 Å². The zero-order valence-electron chi connectivity index (χ0n) is 14.6. The number of nitrogens with one attached hydrogen (secondary N) is 1. The van der Waals surface area contributed by atoms with Gasteiger partial charge in [-0.15, -0.1) is 0 Å². The monoisotopic (exact) mass is 378 g/mol. The molecule has 1 aromatic heterocycles. The number of unbranched alkanes of at least 4 members (excludes halogenated alkanes) is 1. The molecule has 27 heavy (non-hydrogen) atoms. The number of hydrogen-bond acceptors (Lipinski definition) is 6. The van der Waals surface area contributed by atoms with Gasteiger partial charge in [0.25, 0.3) is 11.8 Å². The van der Waals surface area contributed by atoms with Crippen molar-refractivity contribution in [3.63, 3.8) is 0 Å². The Balaban J connectivity index is 1.24. The Hall–Kier alpha value is -3.06. The highest BCUT2D eigenvalue weighted by Gasteiger charge is 2.34. The van der Waals surface area contributed by atoms with Crippen LogP contribution in [-0.2, 0) is 0 Å². The summed E-state index contributed by atoms with van der Waals surface area (Å²) < 4.78 is 4.36. The van der Waals surface area contributed by atoms with Gasteiger partial charge in [0.2, 0.25) is 5.13 Å². The molecule has 0 saturated heterocycles. The number of aromatic nitrogens is 2. The maximum absolute atomic E-state index is 12.3. The van der Waals surface area contributed by atoms with Gasteiger partial charge in [0.1, 0.15) is 0 Å². The zero-order valence-corrected chi connectivity index (χ0v) is 15.4. The topological polar surface area (TPSA) is 75.2 Å². The molecular formula is C20H18N4O2S. The Morgan fingerprint density at radius 1 is 0.889 bits per heavy atom. The maximum Gasteiger partial charge on any atom is 0.261 e. The van der Waals surface area contributed by atoms with Crippen LogP contribution in [0.4, 0.5) is 5.13 Å². The van der Waals surface area contributed by atoms with Crippen molar-refractivity contribution in [2.24, 2.45) is 0 Å². The van der Waals surface area contributed by atoms with Crippen LogP contribution in [0, 0.1) is 0 Å². The second kappa shape index (κ2) is 7.67. The molecule has 1 aliphatic rings. The highest BCUT2D eigenvalue weighted by molar-refractivity contribution is 7.09. The third-order valence-corrected chi connectivity index (χ3v) is 5.09. The fourth-order valence-electron chi connectivity index (χ4n) is 3.03. The summed E-state index contributed by atoms with van der Waals surface area (Å²) in [7, 11) is 0. The van der Waals surface area contributed by atoms with E-state index in [-0.39, 0.29) is 11.8 Å². The molecule has 3 aromatic rings. The summed E-state index contributed by atoms with van der Waals surface area (Å²) in [5.41, 5.74) is 2.00. The largest absolute Gasteiger partial charge is 0.360 e. The first kappa shape index (κ1) is 17.4. The number of carbonyl (C=O) groups excluding carboxylic acids is 2. The molecule has 2 aromatic carbocycles. The molecule has 0 radical (unpaired) electrons. The number of benzene rings is 2. The predicted molar refractivity (Wildman–Crippen MR) is 105 cm³/mol. The van der Waals surface area contributed by atoms with Crippen molar-refractivity contribution < 1.29 is 9.59 Å². The van der Waals surface area contributed by atoms with Gasteiger partial charge >= 0.3 is 0 Å². The molecule has 0 saturated carbocycles. The SMILES string of the molecule is O=C1c2ccccc2C(=O)N1CCCCNc1nc(-c2ccccc2)ns1. The average molecular weight is 378 g/mol. The summed E-state index contributed by atoms with van der Waals surface area (Å²) in [5.74, 6) is 0.328. The van der Waals surface area contributed by atoms with Crippen molar-refractivity contribution in [2.75, 3.05) is 18.4 Å². The Kier molecular flexibility index (Phi) is 4.93. The zero-order chi connectivity index (χ0) is 18.6.